The van der Waals surface area contributed by atoms with Crippen LogP contribution in [0.15, 0.2) is 35.1 Å². The van der Waals surface area contributed by atoms with Gasteiger partial charge in [-0.2, -0.15) is 5.10 Å². The Morgan fingerprint density at radius 3 is 2.82 bits per heavy atom. The third-order valence-corrected chi connectivity index (χ3v) is 2.77. The predicted molar refractivity (Wildman–Crippen MR) is 68.2 cm³/mol. The van der Waals surface area contributed by atoms with Crippen LogP contribution in [-0.4, -0.2) is 9.78 Å². The minimum Gasteiger partial charge on any atom is -0.382 e. The van der Waals surface area contributed by atoms with Crippen molar-refractivity contribution in [2.24, 2.45) is 0 Å². The molecule has 2 rings (SSSR count). The van der Waals surface area contributed by atoms with Crippen LogP contribution in [0.2, 0.25) is 5.02 Å². The molecule has 4 nitrogen and oxygen atoms in total. The molecule has 1 aromatic heterocycles. The van der Waals surface area contributed by atoms with Crippen LogP contribution in [-0.2, 0) is 6.54 Å². The van der Waals surface area contributed by atoms with Crippen molar-refractivity contribution >= 4 is 17.4 Å². The van der Waals surface area contributed by atoms with E-state index in [-0.39, 0.29) is 5.56 Å². The van der Waals surface area contributed by atoms with Crippen molar-refractivity contribution < 1.29 is 0 Å². The highest BCUT2D eigenvalue weighted by Crippen LogP contribution is 2.17. The first-order chi connectivity index (χ1) is 8.06. The van der Waals surface area contributed by atoms with Gasteiger partial charge in [0.15, 0.2) is 0 Å². The SMILES string of the molecule is Cc1ccc(Cn2nc(N)ccc2=O)c(Cl)c1. The normalized spacial score (nSPS) is 10.5. The summed E-state index contributed by atoms with van der Waals surface area (Å²) in [6.45, 7) is 2.28. The Morgan fingerprint density at radius 1 is 1.35 bits per heavy atom. The fourth-order valence-corrected chi connectivity index (χ4v) is 1.81. The lowest BCUT2D eigenvalue weighted by Crippen LogP contribution is -2.23. The lowest BCUT2D eigenvalue weighted by molar-refractivity contribution is 0.644. The van der Waals surface area contributed by atoms with E-state index < -0.39 is 0 Å². The molecule has 0 amide bonds. The van der Waals surface area contributed by atoms with Gasteiger partial charge < -0.3 is 5.73 Å². The largest absolute Gasteiger partial charge is 0.382 e. The number of nitrogens with zero attached hydrogens (tertiary/aromatic N) is 2. The number of aromatic nitrogens is 2. The van der Waals surface area contributed by atoms with Crippen molar-refractivity contribution in [3.8, 4) is 0 Å². The highest BCUT2D eigenvalue weighted by molar-refractivity contribution is 6.31. The van der Waals surface area contributed by atoms with Gasteiger partial charge in [0.1, 0.15) is 5.82 Å². The zero-order valence-corrected chi connectivity index (χ0v) is 10.1. The Balaban J connectivity index is 2.38. The van der Waals surface area contributed by atoms with Gasteiger partial charge in [0.2, 0.25) is 0 Å². The molecule has 0 unspecified atom stereocenters. The minimum atomic E-state index is -0.198. The number of hydrogen-bond donors (Lipinski definition) is 1. The van der Waals surface area contributed by atoms with Crippen molar-refractivity contribution in [1.29, 1.82) is 0 Å². The van der Waals surface area contributed by atoms with Crippen molar-refractivity contribution in [3.63, 3.8) is 0 Å². The fraction of sp³-hybridized carbons (Fsp3) is 0.167. The zero-order valence-electron chi connectivity index (χ0n) is 9.35. The van der Waals surface area contributed by atoms with Crippen molar-refractivity contribution in [3.05, 3.63) is 56.8 Å². The number of aryl methyl sites for hydroxylation is 1. The van der Waals surface area contributed by atoms with E-state index in [1.54, 1.807) is 0 Å². The smallest absolute Gasteiger partial charge is 0.267 e. The lowest BCUT2D eigenvalue weighted by Gasteiger charge is -2.07. The number of halogens is 1. The fourth-order valence-electron chi connectivity index (χ4n) is 1.52. The molecule has 0 radical (unpaired) electrons. The second kappa shape index (κ2) is 4.59. The van der Waals surface area contributed by atoms with E-state index in [2.05, 4.69) is 5.10 Å². The van der Waals surface area contributed by atoms with Gasteiger partial charge >= 0.3 is 0 Å². The van der Waals surface area contributed by atoms with Crippen molar-refractivity contribution in [1.82, 2.24) is 9.78 Å². The van der Waals surface area contributed by atoms with E-state index in [1.165, 1.54) is 16.8 Å². The molecule has 2 N–H and O–H groups in total. The third-order valence-electron chi connectivity index (χ3n) is 2.42. The number of benzene rings is 1. The summed E-state index contributed by atoms with van der Waals surface area (Å²) in [6, 6.07) is 8.56. The number of nitrogen functional groups attached to an aromatic ring is 1. The molecule has 0 atom stereocenters. The molecule has 88 valence electrons. The number of nitrogens with two attached hydrogens (primary N) is 1. The second-order valence-electron chi connectivity index (χ2n) is 3.85. The van der Waals surface area contributed by atoms with Gasteiger partial charge in [0.25, 0.3) is 5.56 Å². The van der Waals surface area contributed by atoms with E-state index in [1.807, 2.05) is 25.1 Å². The van der Waals surface area contributed by atoms with Gasteiger partial charge in [-0.1, -0.05) is 23.7 Å². The van der Waals surface area contributed by atoms with Gasteiger partial charge in [0.05, 0.1) is 6.54 Å². The van der Waals surface area contributed by atoms with Gasteiger partial charge in [0, 0.05) is 11.1 Å². The minimum absolute atomic E-state index is 0.198. The maximum Gasteiger partial charge on any atom is 0.267 e. The van der Waals surface area contributed by atoms with E-state index in [9.17, 15) is 4.79 Å². The molecule has 0 aliphatic heterocycles. The predicted octanol–water partition coefficient (Wildman–Crippen LogP) is 1.84. The lowest BCUT2D eigenvalue weighted by atomic mass is 10.1. The quantitative estimate of drug-likeness (QED) is 0.883. The molecule has 17 heavy (non-hydrogen) atoms. The van der Waals surface area contributed by atoms with Gasteiger partial charge in [-0.3, -0.25) is 4.79 Å². The van der Waals surface area contributed by atoms with Crippen LogP contribution in [0.3, 0.4) is 0 Å². The zero-order chi connectivity index (χ0) is 12.4. The van der Waals surface area contributed by atoms with Crippen LogP contribution < -0.4 is 11.3 Å². The third kappa shape index (κ3) is 2.65. The molecule has 1 aromatic carbocycles. The van der Waals surface area contributed by atoms with E-state index in [4.69, 9.17) is 17.3 Å². The molecular weight excluding hydrogens is 238 g/mol. The summed E-state index contributed by atoms with van der Waals surface area (Å²) in [4.78, 5) is 11.6. The van der Waals surface area contributed by atoms with Gasteiger partial charge in [-0.15, -0.1) is 0 Å². The summed E-state index contributed by atoms with van der Waals surface area (Å²) >= 11 is 6.10. The number of rotatable bonds is 2. The van der Waals surface area contributed by atoms with Crippen LogP contribution >= 0.6 is 11.6 Å². The highest BCUT2D eigenvalue weighted by Gasteiger charge is 2.04. The average Bonchev–Trinajstić information content (AvgIpc) is 2.27. The standard InChI is InChI=1S/C12H12ClN3O/c1-8-2-3-9(10(13)6-8)7-16-12(17)5-4-11(14)15-16/h2-6H,7H2,1H3,(H2,14,15). The summed E-state index contributed by atoms with van der Waals surface area (Å²) in [7, 11) is 0. The summed E-state index contributed by atoms with van der Waals surface area (Å²) in [5, 5.41) is 4.58. The maximum atomic E-state index is 11.6. The van der Waals surface area contributed by atoms with Crippen molar-refractivity contribution in [2.75, 3.05) is 5.73 Å². The first-order valence-electron chi connectivity index (χ1n) is 5.15. The Hall–Kier alpha value is -1.81. The molecular formula is C12H12ClN3O. The summed E-state index contributed by atoms with van der Waals surface area (Å²) in [5.41, 5.74) is 7.26. The molecule has 5 heteroatoms. The highest BCUT2D eigenvalue weighted by atomic mass is 35.5. The first kappa shape index (κ1) is 11.7. The van der Waals surface area contributed by atoms with E-state index >= 15 is 0 Å². The van der Waals surface area contributed by atoms with Gasteiger partial charge in [-0.25, -0.2) is 4.68 Å². The van der Waals surface area contributed by atoms with Gasteiger partial charge in [-0.05, 0) is 30.2 Å². The molecule has 1 heterocycles. The van der Waals surface area contributed by atoms with E-state index in [0.29, 0.717) is 17.4 Å². The Labute approximate surface area is 104 Å². The monoisotopic (exact) mass is 249 g/mol. The number of hydrogen-bond acceptors (Lipinski definition) is 3. The first-order valence-corrected chi connectivity index (χ1v) is 5.53. The molecule has 0 aliphatic carbocycles. The summed E-state index contributed by atoms with van der Waals surface area (Å²) < 4.78 is 1.30. The van der Waals surface area contributed by atoms with Crippen LogP contribution in [0.1, 0.15) is 11.1 Å². The number of anilines is 1. The maximum absolute atomic E-state index is 11.6. The van der Waals surface area contributed by atoms with E-state index in [0.717, 1.165) is 11.1 Å². The Morgan fingerprint density at radius 2 is 2.12 bits per heavy atom. The summed E-state index contributed by atoms with van der Waals surface area (Å²) in [6.07, 6.45) is 0. The molecule has 0 saturated heterocycles. The Bertz CT molecular complexity index is 607. The van der Waals surface area contributed by atoms with Crippen LogP contribution in [0.25, 0.3) is 0 Å². The average molecular weight is 250 g/mol. The molecule has 0 spiro atoms. The summed E-state index contributed by atoms with van der Waals surface area (Å²) in [5.74, 6) is 0.313. The Kier molecular flexibility index (Phi) is 3.15. The topological polar surface area (TPSA) is 60.9 Å². The molecule has 0 saturated carbocycles. The molecule has 0 bridgehead atoms. The van der Waals surface area contributed by atoms with Crippen LogP contribution in [0.4, 0.5) is 5.82 Å². The molecule has 0 aliphatic rings. The molecule has 0 fully saturated rings. The molecule has 2 aromatic rings. The van der Waals surface area contributed by atoms with Crippen molar-refractivity contribution in [2.45, 2.75) is 13.5 Å². The second-order valence-corrected chi connectivity index (χ2v) is 4.26. The van der Waals surface area contributed by atoms with Crippen LogP contribution in [0, 0.1) is 6.92 Å². The van der Waals surface area contributed by atoms with Crippen LogP contribution in [0.5, 0.6) is 0 Å².